The largest absolute Gasteiger partial charge is 0.339 e. The molecule has 1 aliphatic rings. The first-order valence-corrected chi connectivity index (χ1v) is 8.40. The zero-order valence-corrected chi connectivity index (χ0v) is 13.1. The van der Waals surface area contributed by atoms with Crippen LogP contribution in [0.5, 0.6) is 0 Å². The van der Waals surface area contributed by atoms with Gasteiger partial charge >= 0.3 is 0 Å². The third kappa shape index (κ3) is 3.15. The maximum Gasteiger partial charge on any atom is 0.254 e. The summed E-state index contributed by atoms with van der Waals surface area (Å²) >= 11 is 1.57. The highest BCUT2D eigenvalue weighted by Gasteiger charge is 2.24. The summed E-state index contributed by atoms with van der Waals surface area (Å²) in [5, 5.41) is 12.1. The van der Waals surface area contributed by atoms with E-state index in [0.717, 1.165) is 50.3 Å². The molecular weight excluding hydrogens is 284 g/mol. The zero-order chi connectivity index (χ0) is 14.7. The van der Waals surface area contributed by atoms with E-state index in [1.165, 1.54) is 0 Å². The fourth-order valence-electron chi connectivity index (χ4n) is 2.87. The number of piperidine rings is 1. The van der Waals surface area contributed by atoms with Gasteiger partial charge in [0, 0.05) is 31.4 Å². The Morgan fingerprint density at radius 2 is 2.24 bits per heavy atom. The van der Waals surface area contributed by atoms with E-state index in [0.29, 0.717) is 5.92 Å². The number of aromatic nitrogens is 3. The van der Waals surface area contributed by atoms with Crippen molar-refractivity contribution in [3.8, 4) is 0 Å². The molecule has 3 rings (SSSR count). The fourth-order valence-corrected chi connectivity index (χ4v) is 3.50. The van der Waals surface area contributed by atoms with Crippen molar-refractivity contribution in [3.05, 3.63) is 34.5 Å². The maximum absolute atomic E-state index is 12.3. The topological polar surface area (TPSA) is 51.0 Å². The molecule has 1 aliphatic heterocycles. The second-order valence-corrected chi connectivity index (χ2v) is 6.26. The van der Waals surface area contributed by atoms with Gasteiger partial charge in [-0.2, -0.15) is 11.3 Å². The van der Waals surface area contributed by atoms with Crippen LogP contribution in [0.4, 0.5) is 0 Å². The highest BCUT2D eigenvalue weighted by atomic mass is 32.1. The zero-order valence-electron chi connectivity index (χ0n) is 12.2. The van der Waals surface area contributed by atoms with Gasteiger partial charge in [-0.1, -0.05) is 0 Å². The van der Waals surface area contributed by atoms with Gasteiger partial charge in [-0.25, -0.2) is 0 Å². The number of thiophene rings is 1. The highest BCUT2D eigenvalue weighted by Crippen LogP contribution is 2.22. The minimum atomic E-state index is 0.173. The number of nitrogens with zero attached hydrogens (tertiary/aromatic N) is 4. The lowest BCUT2D eigenvalue weighted by atomic mass is 9.93. The van der Waals surface area contributed by atoms with Gasteiger partial charge < -0.3 is 9.47 Å². The average molecular weight is 304 g/mol. The van der Waals surface area contributed by atoms with Crippen LogP contribution in [0.1, 0.15) is 35.9 Å². The Bertz CT molecular complexity index is 585. The van der Waals surface area contributed by atoms with Crippen molar-refractivity contribution in [2.75, 3.05) is 13.1 Å². The van der Waals surface area contributed by atoms with E-state index in [1.807, 2.05) is 21.7 Å². The average Bonchev–Trinajstić information content (AvgIpc) is 3.18. The number of aryl methyl sites for hydroxylation is 1. The molecule has 1 amide bonds. The van der Waals surface area contributed by atoms with Crippen LogP contribution >= 0.6 is 11.3 Å². The van der Waals surface area contributed by atoms with Gasteiger partial charge in [0.25, 0.3) is 5.91 Å². The molecule has 0 unspecified atom stereocenters. The molecule has 1 saturated heterocycles. The predicted octanol–water partition coefficient (Wildman–Crippen LogP) is 2.45. The first kappa shape index (κ1) is 14.3. The van der Waals surface area contributed by atoms with Gasteiger partial charge in [0.1, 0.15) is 12.2 Å². The monoisotopic (exact) mass is 304 g/mol. The Hall–Kier alpha value is -1.69. The minimum absolute atomic E-state index is 0.173. The van der Waals surface area contributed by atoms with E-state index >= 15 is 0 Å². The van der Waals surface area contributed by atoms with E-state index in [4.69, 9.17) is 0 Å². The number of rotatable bonds is 4. The van der Waals surface area contributed by atoms with Crippen molar-refractivity contribution in [1.29, 1.82) is 0 Å². The van der Waals surface area contributed by atoms with Crippen LogP contribution in [0.2, 0.25) is 0 Å². The lowest BCUT2D eigenvalue weighted by molar-refractivity contribution is 0.0690. The van der Waals surface area contributed by atoms with Crippen LogP contribution in [0.25, 0.3) is 0 Å². The molecule has 0 aliphatic carbocycles. The molecule has 112 valence electrons. The molecule has 5 nitrogen and oxygen atoms in total. The highest BCUT2D eigenvalue weighted by molar-refractivity contribution is 7.08. The van der Waals surface area contributed by atoms with Crippen molar-refractivity contribution >= 4 is 17.2 Å². The second-order valence-electron chi connectivity index (χ2n) is 5.48. The molecule has 0 saturated carbocycles. The van der Waals surface area contributed by atoms with Crippen molar-refractivity contribution < 1.29 is 4.79 Å². The molecule has 0 atom stereocenters. The van der Waals surface area contributed by atoms with Crippen LogP contribution in [0.15, 0.2) is 23.2 Å². The maximum atomic E-state index is 12.3. The van der Waals surface area contributed by atoms with Crippen LogP contribution in [0.3, 0.4) is 0 Å². The normalized spacial score (nSPS) is 16.3. The molecule has 0 bridgehead atoms. The molecule has 21 heavy (non-hydrogen) atoms. The molecule has 1 fully saturated rings. The Morgan fingerprint density at radius 1 is 1.43 bits per heavy atom. The number of hydrogen-bond acceptors (Lipinski definition) is 4. The van der Waals surface area contributed by atoms with Gasteiger partial charge in [0.2, 0.25) is 0 Å². The molecule has 0 aromatic carbocycles. The third-order valence-corrected chi connectivity index (χ3v) is 4.86. The lowest BCUT2D eigenvalue weighted by Gasteiger charge is -2.31. The molecule has 2 aromatic heterocycles. The molecule has 3 heterocycles. The smallest absolute Gasteiger partial charge is 0.254 e. The van der Waals surface area contributed by atoms with Gasteiger partial charge in [-0.05, 0) is 37.1 Å². The van der Waals surface area contributed by atoms with E-state index < -0.39 is 0 Å². The Morgan fingerprint density at radius 3 is 2.90 bits per heavy atom. The number of amides is 1. The summed E-state index contributed by atoms with van der Waals surface area (Å²) in [7, 11) is 0. The summed E-state index contributed by atoms with van der Waals surface area (Å²) in [6, 6.07) is 1.91. The van der Waals surface area contributed by atoms with Crippen LogP contribution < -0.4 is 0 Å². The van der Waals surface area contributed by atoms with Crippen molar-refractivity contribution in [2.24, 2.45) is 5.92 Å². The second kappa shape index (κ2) is 6.39. The van der Waals surface area contributed by atoms with Crippen molar-refractivity contribution in [2.45, 2.75) is 32.7 Å². The standard InChI is InChI=1S/C15H20N4OS/c1-2-18-11-16-17-14(18)9-12-3-6-19(7-4-12)15(20)13-5-8-21-10-13/h5,8,10-12H,2-4,6-7,9H2,1H3. The molecule has 0 spiro atoms. The van der Waals surface area contributed by atoms with Crippen molar-refractivity contribution in [1.82, 2.24) is 19.7 Å². The minimum Gasteiger partial charge on any atom is -0.339 e. The Labute approximate surface area is 128 Å². The Balaban J connectivity index is 1.54. The van der Waals surface area contributed by atoms with Gasteiger partial charge in [-0.3, -0.25) is 4.79 Å². The van der Waals surface area contributed by atoms with Gasteiger partial charge in [-0.15, -0.1) is 10.2 Å². The van der Waals surface area contributed by atoms with Gasteiger partial charge in [0.05, 0.1) is 5.56 Å². The summed E-state index contributed by atoms with van der Waals surface area (Å²) in [6.45, 7) is 4.71. The number of carbonyl (C=O) groups excluding carboxylic acids is 1. The summed E-state index contributed by atoms with van der Waals surface area (Å²) in [4.78, 5) is 14.3. The predicted molar refractivity (Wildman–Crippen MR) is 82.3 cm³/mol. The van der Waals surface area contributed by atoms with Gasteiger partial charge in [0.15, 0.2) is 0 Å². The molecular formula is C15H20N4OS. The first-order chi connectivity index (χ1) is 10.3. The summed E-state index contributed by atoms with van der Waals surface area (Å²) in [5.41, 5.74) is 0.823. The molecule has 2 aromatic rings. The number of likely N-dealkylation sites (tertiary alicyclic amines) is 1. The van der Waals surface area contributed by atoms with Crippen LogP contribution in [0, 0.1) is 5.92 Å². The summed E-state index contributed by atoms with van der Waals surface area (Å²) < 4.78 is 2.10. The first-order valence-electron chi connectivity index (χ1n) is 7.46. The SMILES string of the molecule is CCn1cnnc1CC1CCN(C(=O)c2ccsc2)CC1. The van der Waals surface area contributed by atoms with Crippen LogP contribution in [-0.2, 0) is 13.0 Å². The van der Waals surface area contributed by atoms with Crippen molar-refractivity contribution in [3.63, 3.8) is 0 Å². The van der Waals surface area contributed by atoms with E-state index in [9.17, 15) is 4.79 Å². The van der Waals surface area contributed by atoms with E-state index in [2.05, 4.69) is 21.7 Å². The third-order valence-electron chi connectivity index (χ3n) is 4.18. The lowest BCUT2D eigenvalue weighted by Crippen LogP contribution is -2.38. The van der Waals surface area contributed by atoms with Crippen LogP contribution in [-0.4, -0.2) is 38.7 Å². The summed E-state index contributed by atoms with van der Waals surface area (Å²) in [6.07, 6.45) is 4.86. The Kier molecular flexibility index (Phi) is 4.34. The number of hydrogen-bond donors (Lipinski definition) is 0. The van der Waals surface area contributed by atoms with E-state index in [1.54, 1.807) is 17.7 Å². The molecule has 6 heteroatoms. The molecule has 0 radical (unpaired) electrons. The quantitative estimate of drug-likeness (QED) is 0.872. The molecule has 0 N–H and O–H groups in total. The summed E-state index contributed by atoms with van der Waals surface area (Å²) in [5.74, 6) is 1.84. The van der Waals surface area contributed by atoms with E-state index in [-0.39, 0.29) is 5.91 Å². The number of carbonyl (C=O) groups is 1. The fraction of sp³-hybridized carbons (Fsp3) is 0.533.